The Morgan fingerprint density at radius 3 is 2.59 bits per heavy atom. The molecule has 4 nitrogen and oxygen atoms in total. The van der Waals surface area contributed by atoms with E-state index in [1.807, 2.05) is 13.0 Å². The van der Waals surface area contributed by atoms with Crippen molar-refractivity contribution in [1.82, 2.24) is 0 Å². The van der Waals surface area contributed by atoms with Crippen LogP contribution in [0.3, 0.4) is 0 Å². The Hall–Kier alpha value is -0.700. The smallest absolute Gasteiger partial charge is 0.324 e. The summed E-state index contributed by atoms with van der Waals surface area (Å²) in [5, 5.41) is 0. The molecule has 1 N–H and O–H groups in total. The molecule has 0 heterocycles. The lowest BCUT2D eigenvalue weighted by Gasteiger charge is -2.57. The van der Waals surface area contributed by atoms with Gasteiger partial charge in [0.2, 0.25) is 0 Å². The Kier molecular flexibility index (Phi) is 4.65. The fourth-order valence-electron chi connectivity index (χ4n) is 7.25. The van der Waals surface area contributed by atoms with Crippen molar-refractivity contribution < 1.29 is 18.8 Å². The van der Waals surface area contributed by atoms with Crippen molar-refractivity contribution >= 4 is 13.4 Å². The van der Waals surface area contributed by atoms with Gasteiger partial charge in [-0.2, -0.15) is 0 Å². The molecule has 0 aromatic heterocycles. The highest BCUT2D eigenvalue weighted by Crippen LogP contribution is 2.67. The van der Waals surface area contributed by atoms with Gasteiger partial charge in [0, 0.05) is 13.1 Å². The molecule has 4 aliphatic rings. The Labute approximate surface area is 163 Å². The largest absolute Gasteiger partial charge is 0.325 e. The number of ketones is 1. The van der Waals surface area contributed by atoms with E-state index in [4.69, 9.17) is 4.52 Å². The van der Waals surface area contributed by atoms with E-state index in [9.17, 15) is 14.3 Å². The Bertz CT molecular complexity index is 762. The summed E-state index contributed by atoms with van der Waals surface area (Å²) in [6.45, 7) is 8.07. The SMILES string of the molecule is CC=C1C(OP(C)(=O)O)CC2C3CCC4=CC(=O)CCC4(C)C3CCC12C. The maximum absolute atomic E-state index is 12.0. The molecule has 0 spiro atoms. The quantitative estimate of drug-likeness (QED) is 0.513. The number of carbonyl (C=O) groups excluding carboxylic acids is 1. The van der Waals surface area contributed by atoms with Crippen LogP contribution in [0.4, 0.5) is 0 Å². The highest BCUT2D eigenvalue weighted by atomic mass is 31.2. The molecule has 5 heteroatoms. The van der Waals surface area contributed by atoms with Gasteiger partial charge < -0.3 is 9.42 Å². The number of hydrogen-bond donors (Lipinski definition) is 1. The van der Waals surface area contributed by atoms with E-state index in [0.29, 0.717) is 30.0 Å². The molecule has 150 valence electrons. The van der Waals surface area contributed by atoms with E-state index in [2.05, 4.69) is 19.9 Å². The van der Waals surface area contributed by atoms with E-state index in [-0.39, 0.29) is 16.9 Å². The number of hydrogen-bond acceptors (Lipinski definition) is 3. The number of rotatable bonds is 2. The molecule has 4 aliphatic carbocycles. The summed E-state index contributed by atoms with van der Waals surface area (Å²) in [6.07, 6.45) is 10.8. The Morgan fingerprint density at radius 1 is 1.19 bits per heavy atom. The summed E-state index contributed by atoms with van der Waals surface area (Å²) in [6, 6.07) is 0. The average Bonchev–Trinajstić information content (AvgIpc) is 2.84. The van der Waals surface area contributed by atoms with Crippen LogP contribution >= 0.6 is 7.60 Å². The third-order valence-electron chi connectivity index (χ3n) is 8.46. The Morgan fingerprint density at radius 2 is 1.93 bits per heavy atom. The van der Waals surface area contributed by atoms with E-state index < -0.39 is 7.60 Å². The molecule has 0 aliphatic heterocycles. The van der Waals surface area contributed by atoms with Crippen molar-refractivity contribution in [2.45, 2.75) is 71.8 Å². The van der Waals surface area contributed by atoms with E-state index in [0.717, 1.165) is 32.1 Å². The van der Waals surface area contributed by atoms with Gasteiger partial charge in [0.1, 0.15) is 0 Å². The monoisotopic (exact) mass is 392 g/mol. The lowest BCUT2D eigenvalue weighted by molar-refractivity contribution is -0.117. The highest BCUT2D eigenvalue weighted by molar-refractivity contribution is 7.51. The third-order valence-corrected chi connectivity index (χ3v) is 9.11. The fourth-order valence-corrected chi connectivity index (χ4v) is 7.92. The molecule has 27 heavy (non-hydrogen) atoms. The van der Waals surface area contributed by atoms with Crippen LogP contribution in [0.2, 0.25) is 0 Å². The predicted octanol–water partition coefficient (Wildman–Crippen LogP) is 5.27. The molecule has 0 bridgehead atoms. The second-order valence-electron chi connectivity index (χ2n) is 9.80. The van der Waals surface area contributed by atoms with Crippen LogP contribution in [-0.2, 0) is 13.9 Å². The molecular formula is C22H33O4P. The van der Waals surface area contributed by atoms with Crippen LogP contribution in [0.15, 0.2) is 23.3 Å². The van der Waals surface area contributed by atoms with Gasteiger partial charge >= 0.3 is 7.60 Å². The molecule has 0 aromatic carbocycles. The second kappa shape index (κ2) is 6.40. The van der Waals surface area contributed by atoms with Gasteiger partial charge in [0.15, 0.2) is 5.78 Å². The zero-order valence-corrected chi connectivity index (χ0v) is 17.9. The minimum Gasteiger partial charge on any atom is -0.324 e. The number of allylic oxidation sites excluding steroid dienone is 2. The van der Waals surface area contributed by atoms with Crippen LogP contribution in [0, 0.1) is 28.6 Å². The van der Waals surface area contributed by atoms with Gasteiger partial charge in [-0.15, -0.1) is 0 Å². The fraction of sp³-hybridized carbons (Fsp3) is 0.773. The molecule has 7 unspecified atom stereocenters. The molecule has 7 atom stereocenters. The van der Waals surface area contributed by atoms with Crippen molar-refractivity contribution in [3.05, 3.63) is 23.3 Å². The van der Waals surface area contributed by atoms with Gasteiger partial charge in [0.25, 0.3) is 0 Å². The van der Waals surface area contributed by atoms with Crippen LogP contribution in [0.5, 0.6) is 0 Å². The molecule has 0 amide bonds. The van der Waals surface area contributed by atoms with Crippen LogP contribution in [0.1, 0.15) is 65.7 Å². The van der Waals surface area contributed by atoms with Crippen LogP contribution in [-0.4, -0.2) is 23.4 Å². The Balaban J connectivity index is 1.67. The molecule has 3 fully saturated rings. The molecular weight excluding hydrogens is 359 g/mol. The van der Waals surface area contributed by atoms with Gasteiger partial charge in [-0.1, -0.05) is 25.5 Å². The van der Waals surface area contributed by atoms with E-state index >= 15 is 0 Å². The summed E-state index contributed by atoms with van der Waals surface area (Å²) in [7, 11) is -3.52. The topological polar surface area (TPSA) is 63.6 Å². The van der Waals surface area contributed by atoms with Gasteiger partial charge in [0.05, 0.1) is 6.10 Å². The first-order valence-electron chi connectivity index (χ1n) is 10.5. The standard InChI is InChI=1S/C22H33O4P/c1-5-17-20(26-27(4,24)25)13-19-16-7-6-14-12-15(23)8-10-21(14,2)18(16)9-11-22(17,19)3/h5,12,16,18-20H,6-11,13H2,1-4H3,(H,24,25). The molecule has 0 radical (unpaired) electrons. The molecule has 0 aromatic rings. The van der Waals surface area contributed by atoms with Crippen LogP contribution < -0.4 is 0 Å². The molecule has 3 saturated carbocycles. The maximum Gasteiger partial charge on any atom is 0.325 e. The predicted molar refractivity (Wildman–Crippen MR) is 106 cm³/mol. The lowest BCUT2D eigenvalue weighted by atomic mass is 9.47. The van der Waals surface area contributed by atoms with Gasteiger partial charge in [-0.05, 0) is 85.7 Å². The van der Waals surface area contributed by atoms with Crippen LogP contribution in [0.25, 0.3) is 0 Å². The minimum atomic E-state index is -3.52. The summed E-state index contributed by atoms with van der Waals surface area (Å²) < 4.78 is 17.6. The lowest BCUT2D eigenvalue weighted by Crippen LogP contribution is -2.49. The van der Waals surface area contributed by atoms with E-state index in [1.165, 1.54) is 24.2 Å². The second-order valence-corrected chi connectivity index (χ2v) is 11.6. The summed E-state index contributed by atoms with van der Waals surface area (Å²) in [5.41, 5.74) is 2.84. The van der Waals surface area contributed by atoms with Crippen molar-refractivity contribution in [2.75, 3.05) is 6.66 Å². The normalized spacial score (nSPS) is 47.7. The number of fused-ring (bicyclic) bond motifs is 5. The van der Waals surface area contributed by atoms with Crippen molar-refractivity contribution in [3.63, 3.8) is 0 Å². The van der Waals surface area contributed by atoms with Crippen molar-refractivity contribution in [2.24, 2.45) is 28.6 Å². The molecule has 0 saturated heterocycles. The first kappa shape index (κ1) is 19.6. The summed E-state index contributed by atoms with van der Waals surface area (Å²) in [4.78, 5) is 21.8. The zero-order chi connectivity index (χ0) is 19.6. The van der Waals surface area contributed by atoms with E-state index in [1.54, 1.807) is 0 Å². The van der Waals surface area contributed by atoms with Crippen molar-refractivity contribution in [3.8, 4) is 0 Å². The first-order valence-corrected chi connectivity index (χ1v) is 12.5. The third kappa shape index (κ3) is 3.03. The highest BCUT2D eigenvalue weighted by Gasteiger charge is 2.60. The van der Waals surface area contributed by atoms with Gasteiger partial charge in [-0.25, -0.2) is 0 Å². The summed E-state index contributed by atoms with van der Waals surface area (Å²) >= 11 is 0. The number of carbonyl (C=O) groups is 1. The summed E-state index contributed by atoms with van der Waals surface area (Å²) in [5.74, 6) is 2.02. The average molecular weight is 392 g/mol. The van der Waals surface area contributed by atoms with Gasteiger partial charge in [-0.3, -0.25) is 9.36 Å². The maximum atomic E-state index is 12.0. The minimum absolute atomic E-state index is 0.0673. The van der Waals surface area contributed by atoms with Crippen molar-refractivity contribution in [1.29, 1.82) is 0 Å². The zero-order valence-electron chi connectivity index (χ0n) is 17.0. The molecule has 4 rings (SSSR count). The first-order chi connectivity index (χ1) is 12.6.